The van der Waals surface area contributed by atoms with Crippen LogP contribution in [0.15, 0.2) is 12.2 Å². The van der Waals surface area contributed by atoms with Gasteiger partial charge in [0.25, 0.3) is 0 Å². The van der Waals surface area contributed by atoms with Gasteiger partial charge in [0.2, 0.25) is 6.17 Å². The number of carbonyl (C=O) groups excluding carboxylic acids is 1. The van der Waals surface area contributed by atoms with Crippen molar-refractivity contribution in [3.8, 4) is 0 Å². The van der Waals surface area contributed by atoms with Crippen molar-refractivity contribution in [2.24, 2.45) is 0 Å². The molecule has 2 nitrogen and oxygen atoms in total. The van der Waals surface area contributed by atoms with Gasteiger partial charge in [0.15, 0.2) is 0 Å². The number of alkyl halides is 1. The first kappa shape index (κ1) is 10.1. The molecule has 64 valence electrons. The van der Waals surface area contributed by atoms with Gasteiger partial charge in [-0.3, -0.25) is 0 Å². The van der Waals surface area contributed by atoms with Crippen molar-refractivity contribution in [1.82, 2.24) is 0 Å². The highest BCUT2D eigenvalue weighted by Crippen LogP contribution is 2.07. The number of esters is 1. The van der Waals surface area contributed by atoms with Crippen LogP contribution in [0.1, 0.15) is 20.3 Å². The molecule has 0 heterocycles. The highest BCUT2D eigenvalue weighted by Gasteiger charge is 2.17. The molecule has 0 aromatic carbocycles. The zero-order valence-corrected chi connectivity index (χ0v) is 6.89. The van der Waals surface area contributed by atoms with E-state index in [2.05, 4.69) is 11.3 Å². The van der Waals surface area contributed by atoms with Crippen molar-refractivity contribution in [3.63, 3.8) is 0 Å². The molecule has 0 radical (unpaired) electrons. The van der Waals surface area contributed by atoms with Gasteiger partial charge in [-0.15, -0.1) is 6.58 Å². The summed E-state index contributed by atoms with van der Waals surface area (Å²) in [6.07, 6.45) is -1.49. The maximum Gasteiger partial charge on any atom is 0.341 e. The Morgan fingerprint density at radius 2 is 2.27 bits per heavy atom. The van der Waals surface area contributed by atoms with Crippen LogP contribution in [-0.2, 0) is 9.53 Å². The van der Waals surface area contributed by atoms with Crippen LogP contribution in [0.25, 0.3) is 0 Å². The zero-order valence-electron chi connectivity index (χ0n) is 6.89. The van der Waals surface area contributed by atoms with E-state index in [-0.39, 0.29) is 13.0 Å². The van der Waals surface area contributed by atoms with E-state index < -0.39 is 12.1 Å². The van der Waals surface area contributed by atoms with E-state index in [0.717, 1.165) is 0 Å². The summed E-state index contributed by atoms with van der Waals surface area (Å²) in [5.74, 6) is -0.796. The minimum atomic E-state index is -1.55. The van der Waals surface area contributed by atoms with Gasteiger partial charge in [-0.1, -0.05) is 5.57 Å². The fraction of sp³-hybridized carbons (Fsp3) is 0.625. The molecular formula is C8H13FO2. The third-order valence-corrected chi connectivity index (χ3v) is 1.07. The van der Waals surface area contributed by atoms with Crippen molar-refractivity contribution in [3.05, 3.63) is 12.2 Å². The summed E-state index contributed by atoms with van der Waals surface area (Å²) in [7, 11) is 0. The number of carbonyl (C=O) groups is 1. The van der Waals surface area contributed by atoms with Gasteiger partial charge < -0.3 is 4.74 Å². The van der Waals surface area contributed by atoms with E-state index in [0.29, 0.717) is 5.57 Å². The Kier molecular flexibility index (Phi) is 4.50. The number of halogens is 1. The maximum atomic E-state index is 12.7. The molecule has 0 amide bonds. The molecule has 0 N–H and O–H groups in total. The lowest BCUT2D eigenvalue weighted by Crippen LogP contribution is -2.18. The Balaban J connectivity index is 3.73. The molecular weight excluding hydrogens is 147 g/mol. The van der Waals surface area contributed by atoms with E-state index in [1.54, 1.807) is 13.8 Å². The number of rotatable bonds is 4. The van der Waals surface area contributed by atoms with Gasteiger partial charge in [0.05, 0.1) is 6.61 Å². The molecule has 0 aliphatic carbocycles. The second-order valence-corrected chi connectivity index (χ2v) is 2.38. The summed E-state index contributed by atoms with van der Waals surface area (Å²) < 4.78 is 17.1. The summed E-state index contributed by atoms with van der Waals surface area (Å²) in [4.78, 5) is 10.6. The van der Waals surface area contributed by atoms with Gasteiger partial charge in [0.1, 0.15) is 0 Å². The summed E-state index contributed by atoms with van der Waals surface area (Å²) in [6, 6.07) is 0. The summed E-state index contributed by atoms with van der Waals surface area (Å²) in [5, 5.41) is 0. The van der Waals surface area contributed by atoms with Crippen LogP contribution in [0.4, 0.5) is 4.39 Å². The minimum Gasteiger partial charge on any atom is -0.464 e. The molecule has 0 aromatic rings. The highest BCUT2D eigenvalue weighted by atomic mass is 19.1. The molecule has 3 heteroatoms. The van der Waals surface area contributed by atoms with Crippen LogP contribution < -0.4 is 0 Å². The van der Waals surface area contributed by atoms with Crippen molar-refractivity contribution in [2.45, 2.75) is 26.4 Å². The minimum absolute atomic E-state index is 0.0544. The summed E-state index contributed by atoms with van der Waals surface area (Å²) in [5.41, 5.74) is 0.644. The topological polar surface area (TPSA) is 26.3 Å². The van der Waals surface area contributed by atoms with Crippen LogP contribution in [-0.4, -0.2) is 18.7 Å². The standard InChI is InChI=1S/C8H13FO2/c1-4-11-8(10)7(9)5-6(2)3/h7H,2,4-5H2,1,3H3/t7-/m1/s1. The van der Waals surface area contributed by atoms with E-state index in [1.165, 1.54) is 0 Å². The lowest BCUT2D eigenvalue weighted by atomic mass is 10.2. The van der Waals surface area contributed by atoms with Crippen LogP contribution in [0.2, 0.25) is 0 Å². The summed E-state index contributed by atoms with van der Waals surface area (Å²) in [6.45, 7) is 7.02. The Hall–Kier alpha value is -0.860. The third-order valence-electron chi connectivity index (χ3n) is 1.07. The van der Waals surface area contributed by atoms with E-state index >= 15 is 0 Å². The van der Waals surface area contributed by atoms with Gasteiger partial charge >= 0.3 is 5.97 Å². The fourth-order valence-corrected chi connectivity index (χ4v) is 0.622. The smallest absolute Gasteiger partial charge is 0.341 e. The van der Waals surface area contributed by atoms with Crippen LogP contribution in [0.5, 0.6) is 0 Å². The van der Waals surface area contributed by atoms with Gasteiger partial charge in [0, 0.05) is 6.42 Å². The Morgan fingerprint density at radius 3 is 2.64 bits per heavy atom. The molecule has 0 saturated heterocycles. The number of ether oxygens (including phenoxy) is 1. The average Bonchev–Trinajstić information content (AvgIpc) is 1.86. The Bertz CT molecular complexity index is 154. The SMILES string of the molecule is C=C(C)C[C@@H](F)C(=O)OCC. The molecule has 0 rings (SSSR count). The molecule has 0 saturated carbocycles. The molecule has 11 heavy (non-hydrogen) atoms. The molecule has 1 atom stereocenters. The van der Waals surface area contributed by atoms with Gasteiger partial charge in [-0.2, -0.15) is 0 Å². The van der Waals surface area contributed by atoms with Crippen LogP contribution in [0, 0.1) is 0 Å². The normalized spacial score (nSPS) is 12.3. The molecule has 0 aromatic heterocycles. The predicted molar refractivity (Wildman–Crippen MR) is 41.0 cm³/mol. The van der Waals surface area contributed by atoms with Gasteiger partial charge in [-0.25, -0.2) is 9.18 Å². The molecule has 0 bridgehead atoms. The molecule has 0 aliphatic heterocycles. The van der Waals surface area contributed by atoms with Crippen molar-refractivity contribution in [1.29, 1.82) is 0 Å². The molecule has 0 aliphatic rings. The average molecular weight is 160 g/mol. The molecule has 0 fully saturated rings. The lowest BCUT2D eigenvalue weighted by Gasteiger charge is -2.05. The first-order valence-electron chi connectivity index (χ1n) is 3.53. The third kappa shape index (κ3) is 4.53. The van der Waals surface area contributed by atoms with Crippen molar-refractivity contribution in [2.75, 3.05) is 6.61 Å². The largest absolute Gasteiger partial charge is 0.464 e. The quantitative estimate of drug-likeness (QED) is 0.463. The lowest BCUT2D eigenvalue weighted by molar-refractivity contribution is -0.148. The number of allylic oxidation sites excluding steroid dienone is 1. The fourth-order valence-electron chi connectivity index (χ4n) is 0.622. The predicted octanol–water partition coefficient (Wildman–Crippen LogP) is 1.85. The van der Waals surface area contributed by atoms with Crippen LogP contribution >= 0.6 is 0 Å². The van der Waals surface area contributed by atoms with E-state index in [4.69, 9.17) is 0 Å². The number of hydrogen-bond acceptors (Lipinski definition) is 2. The second-order valence-electron chi connectivity index (χ2n) is 2.38. The Morgan fingerprint density at radius 1 is 1.73 bits per heavy atom. The maximum absolute atomic E-state index is 12.7. The Labute approximate surface area is 66.0 Å². The first-order valence-corrected chi connectivity index (χ1v) is 3.53. The van der Waals surface area contributed by atoms with Crippen molar-refractivity contribution >= 4 is 5.97 Å². The number of hydrogen-bond donors (Lipinski definition) is 0. The highest BCUT2D eigenvalue weighted by molar-refractivity contribution is 5.74. The molecule has 0 spiro atoms. The van der Waals surface area contributed by atoms with E-state index in [9.17, 15) is 9.18 Å². The second kappa shape index (κ2) is 4.88. The monoisotopic (exact) mass is 160 g/mol. The van der Waals surface area contributed by atoms with Gasteiger partial charge in [-0.05, 0) is 13.8 Å². The summed E-state index contributed by atoms with van der Waals surface area (Å²) >= 11 is 0. The van der Waals surface area contributed by atoms with Crippen LogP contribution in [0.3, 0.4) is 0 Å². The molecule has 0 unspecified atom stereocenters. The van der Waals surface area contributed by atoms with E-state index in [1.807, 2.05) is 0 Å². The van der Waals surface area contributed by atoms with Crippen molar-refractivity contribution < 1.29 is 13.9 Å². The first-order chi connectivity index (χ1) is 5.07. The zero-order chi connectivity index (χ0) is 8.85.